The van der Waals surface area contributed by atoms with E-state index in [2.05, 4.69) is 299 Å². The van der Waals surface area contributed by atoms with Gasteiger partial charge in [0.15, 0.2) is 0 Å². The largest absolute Gasteiger partial charge is 0.460 e. The van der Waals surface area contributed by atoms with Gasteiger partial charge in [-0.05, 0) is 129 Å². The fourth-order valence-corrected chi connectivity index (χ4v) is 11.0. The summed E-state index contributed by atoms with van der Waals surface area (Å²) in [5.41, 5.74) is 22.0. The molecule has 76 heavy (non-hydrogen) atoms. The van der Waals surface area contributed by atoms with E-state index in [-0.39, 0.29) is 33.8 Å². The summed E-state index contributed by atoms with van der Waals surface area (Å²) >= 11 is 0. The van der Waals surface area contributed by atoms with E-state index in [0.717, 1.165) is 46.4 Å². The minimum absolute atomic E-state index is 0.0332. The molecule has 0 unspecified atom stereocenters. The van der Waals surface area contributed by atoms with Crippen LogP contribution in [0, 0.1) is 13.8 Å². The van der Waals surface area contributed by atoms with Gasteiger partial charge in [-0.2, -0.15) is 0 Å². The van der Waals surface area contributed by atoms with E-state index in [1.165, 1.54) is 77.9 Å². The third-order valence-corrected chi connectivity index (χ3v) is 15.5. The number of hydrogen-bond acceptors (Lipinski definition) is 2. The SMILES string of the molecule is C/C=C/C(=C\C1=C(Cc2ccc(C(C)(C)C)cc2)B(c2cc(C(C)(C)C)ccc2C)c2cc(C(C)(C)C)ccc2N1c1ccccc1-c1cccc2ccccc(C(C)(C)C)c(C)oc12)Cc1ccc(C(C)(C)C)cc1. The third kappa shape index (κ3) is 12.2. The quantitative estimate of drug-likeness (QED) is 0.106. The summed E-state index contributed by atoms with van der Waals surface area (Å²) in [6, 6.07) is 57.8. The molecule has 3 heteroatoms. The Kier molecular flexibility index (Phi) is 15.7. The number of rotatable bonds is 9. The molecular weight excluding hydrogens is 918 g/mol. The molecule has 0 aliphatic carbocycles. The Morgan fingerprint density at radius 1 is 0.500 bits per heavy atom. The Balaban J connectivity index is 1.54. The van der Waals surface area contributed by atoms with E-state index in [1.807, 2.05) is 0 Å². The van der Waals surface area contributed by atoms with Crippen LogP contribution in [0.15, 0.2) is 191 Å². The van der Waals surface area contributed by atoms with Gasteiger partial charge < -0.3 is 9.32 Å². The number of para-hydroxylation sites is 2. The molecule has 0 radical (unpaired) electrons. The number of aryl methyl sites for hydroxylation is 2. The molecular formula is C73H86BNO. The predicted molar refractivity (Wildman–Crippen MR) is 333 cm³/mol. The first-order valence-electron chi connectivity index (χ1n) is 27.9. The zero-order chi connectivity index (χ0) is 55.1. The minimum atomic E-state index is -0.120. The average Bonchev–Trinajstić information content (AvgIpc) is 3.42. The Morgan fingerprint density at radius 3 is 1.61 bits per heavy atom. The van der Waals surface area contributed by atoms with Crippen molar-refractivity contribution >= 4 is 40.0 Å². The van der Waals surface area contributed by atoms with Gasteiger partial charge in [-0.15, -0.1) is 0 Å². The standard InChI is InChI=1S/C73H86BNO/c1-19-25-53(44-51-33-38-55(39-34-51)69(4,5)6)46-67-63(45-52-35-40-56(41-36-52)70(7,8)9)74(62-47-57(71(10,11)12)37-32-49(62)2)64-48-58(72(13,14)15)42-43-66(64)75(67)65-31-23-21-28-59(65)60-29-24-27-54-26-20-22-30-61(73(16,17)18)50(3)76-68(54)60/h19-43,46-48H,44-45H2,1-18H3/b25-19+,26-20?,30-22?,53-46+,61-50?. The summed E-state index contributed by atoms with van der Waals surface area (Å²) in [6.45, 7) is 41.2. The monoisotopic (exact) mass is 1000 g/mol. The van der Waals surface area contributed by atoms with Crippen LogP contribution in [0.1, 0.15) is 161 Å². The van der Waals surface area contributed by atoms with Crippen LogP contribution in [0.5, 0.6) is 0 Å². The molecule has 2 nitrogen and oxygen atoms in total. The Labute approximate surface area is 459 Å². The van der Waals surface area contributed by atoms with Crippen molar-refractivity contribution in [3.63, 3.8) is 0 Å². The highest BCUT2D eigenvalue weighted by Crippen LogP contribution is 2.45. The van der Waals surface area contributed by atoms with Gasteiger partial charge >= 0.3 is 0 Å². The van der Waals surface area contributed by atoms with Crippen molar-refractivity contribution in [2.45, 2.75) is 165 Å². The zero-order valence-electron chi connectivity index (χ0n) is 49.5. The number of nitrogens with zero attached hydrogens (tertiary/aromatic N) is 1. The molecule has 0 atom stereocenters. The molecule has 392 valence electrons. The zero-order valence-corrected chi connectivity index (χ0v) is 49.5. The van der Waals surface area contributed by atoms with E-state index < -0.39 is 0 Å². The summed E-state index contributed by atoms with van der Waals surface area (Å²) in [5.74, 6) is 0.905. The normalized spacial score (nSPS) is 13.9. The smallest absolute Gasteiger partial charge is 0.242 e. The summed E-state index contributed by atoms with van der Waals surface area (Å²) in [5, 5.41) is 1.04. The van der Waals surface area contributed by atoms with Gasteiger partial charge in [-0.3, -0.25) is 0 Å². The van der Waals surface area contributed by atoms with E-state index >= 15 is 0 Å². The Hall–Kier alpha value is -6.58. The number of fused-ring (bicyclic) bond motifs is 2. The van der Waals surface area contributed by atoms with E-state index in [1.54, 1.807) is 0 Å². The van der Waals surface area contributed by atoms with Crippen LogP contribution >= 0.6 is 0 Å². The number of allylic oxidation sites excluding steroid dienone is 5. The average molecular weight is 1000 g/mol. The second-order valence-corrected chi connectivity index (χ2v) is 26.8. The molecule has 2 heterocycles. The van der Waals surface area contributed by atoms with Crippen LogP contribution in [0.3, 0.4) is 0 Å². The number of hydrogen-bond donors (Lipinski definition) is 0. The van der Waals surface area contributed by atoms with Crippen molar-refractivity contribution in [1.29, 1.82) is 0 Å². The van der Waals surface area contributed by atoms with Crippen molar-refractivity contribution in [2.24, 2.45) is 0 Å². The first kappa shape index (κ1) is 55.7. The first-order valence-corrected chi connectivity index (χ1v) is 27.9. The molecule has 0 spiro atoms. The molecule has 0 bridgehead atoms. The van der Waals surface area contributed by atoms with Crippen LogP contribution < -0.4 is 15.8 Å². The van der Waals surface area contributed by atoms with Gasteiger partial charge in [0.2, 0.25) is 6.71 Å². The highest BCUT2D eigenvalue weighted by molar-refractivity contribution is 6.92. The minimum Gasteiger partial charge on any atom is -0.460 e. The lowest BCUT2D eigenvalue weighted by Gasteiger charge is -2.41. The summed E-state index contributed by atoms with van der Waals surface area (Å²) in [4.78, 5) is 2.62. The summed E-state index contributed by atoms with van der Waals surface area (Å²) in [7, 11) is 0. The lowest BCUT2D eigenvalue weighted by Crippen LogP contribution is -2.52. The third-order valence-electron chi connectivity index (χ3n) is 15.5. The molecule has 6 aromatic carbocycles. The molecule has 7 aromatic rings. The number of benzene rings is 6. The number of anilines is 2. The predicted octanol–water partition coefficient (Wildman–Crippen LogP) is 18.9. The molecule has 1 aliphatic heterocycles. The summed E-state index contributed by atoms with van der Waals surface area (Å²) in [6.07, 6.45) is 8.62. The summed E-state index contributed by atoms with van der Waals surface area (Å²) < 4.78 is 7.21. The molecule has 1 aliphatic rings. The Bertz CT molecular complexity index is 3390. The fourth-order valence-electron chi connectivity index (χ4n) is 11.0. The van der Waals surface area contributed by atoms with Crippen molar-refractivity contribution in [1.82, 2.24) is 0 Å². The molecule has 0 saturated carbocycles. The van der Waals surface area contributed by atoms with Gasteiger partial charge in [-0.25, -0.2) is 0 Å². The van der Waals surface area contributed by atoms with Crippen molar-refractivity contribution in [3.05, 3.63) is 237 Å². The van der Waals surface area contributed by atoms with Gasteiger partial charge in [0.05, 0.1) is 5.69 Å². The van der Waals surface area contributed by atoms with E-state index in [4.69, 9.17) is 4.42 Å². The van der Waals surface area contributed by atoms with Crippen LogP contribution in [0.25, 0.3) is 22.1 Å². The van der Waals surface area contributed by atoms with Crippen LogP contribution in [-0.2, 0) is 39.9 Å². The highest BCUT2D eigenvalue weighted by atomic mass is 16.3. The lowest BCUT2D eigenvalue weighted by molar-refractivity contribution is 0.512. The lowest BCUT2D eigenvalue weighted by atomic mass is 9.33. The van der Waals surface area contributed by atoms with Crippen molar-refractivity contribution < 1.29 is 4.42 Å². The fraction of sp³-hybridized carbons (Fsp3) is 0.342. The van der Waals surface area contributed by atoms with Gasteiger partial charge in [0.1, 0.15) is 11.3 Å². The molecule has 1 aromatic heterocycles. The van der Waals surface area contributed by atoms with Gasteiger partial charge in [0.25, 0.3) is 0 Å². The van der Waals surface area contributed by atoms with Crippen LogP contribution in [0.2, 0.25) is 0 Å². The highest BCUT2D eigenvalue weighted by Gasteiger charge is 2.39. The van der Waals surface area contributed by atoms with Crippen molar-refractivity contribution in [2.75, 3.05) is 4.90 Å². The second-order valence-electron chi connectivity index (χ2n) is 26.8. The topological polar surface area (TPSA) is 16.4 Å². The molecule has 0 saturated heterocycles. The molecule has 0 N–H and O–H groups in total. The second kappa shape index (κ2) is 21.4. The maximum absolute atomic E-state index is 7.21. The maximum atomic E-state index is 7.21. The van der Waals surface area contributed by atoms with Crippen LogP contribution in [0.4, 0.5) is 11.4 Å². The van der Waals surface area contributed by atoms with Crippen LogP contribution in [-0.4, -0.2) is 6.71 Å². The van der Waals surface area contributed by atoms with Crippen molar-refractivity contribution in [3.8, 4) is 11.1 Å². The van der Waals surface area contributed by atoms with E-state index in [0.29, 0.717) is 0 Å². The molecule has 8 rings (SSSR count). The van der Waals surface area contributed by atoms with Gasteiger partial charge in [-0.1, -0.05) is 272 Å². The maximum Gasteiger partial charge on any atom is 0.242 e. The Morgan fingerprint density at radius 2 is 1.01 bits per heavy atom. The first-order chi connectivity index (χ1) is 35.6. The molecule has 0 fully saturated rings. The molecule has 0 amide bonds. The van der Waals surface area contributed by atoms with Gasteiger partial charge in [0, 0.05) is 27.9 Å². The van der Waals surface area contributed by atoms with E-state index in [9.17, 15) is 0 Å².